The molecule has 2 rings (SSSR count). The molecule has 0 saturated carbocycles. The molecule has 2 aliphatic rings. The number of hydrogen-bond acceptors (Lipinski definition) is 2. The van der Waals surface area contributed by atoms with E-state index >= 15 is 0 Å². The second kappa shape index (κ2) is 10.9. The van der Waals surface area contributed by atoms with Gasteiger partial charge in [0.2, 0.25) is 0 Å². The standard InChI is InChI=1S/2C4H8O.BF3/c2*1-2-4-5-3-1;2-1(3)4/h2*1-4H2;. The third-order valence-electron chi connectivity index (χ3n) is 1.65. The van der Waals surface area contributed by atoms with Gasteiger partial charge in [-0.2, -0.15) is 0 Å². The quantitative estimate of drug-likeness (QED) is 0.574. The fraction of sp³-hybridized carbons (Fsp3) is 1.00. The molecule has 14 heavy (non-hydrogen) atoms. The summed E-state index contributed by atoms with van der Waals surface area (Å²) in [5.74, 6) is 0. The molecule has 6 heteroatoms. The van der Waals surface area contributed by atoms with Gasteiger partial charge in [-0.3, -0.25) is 12.9 Å². The Labute approximate surface area is 83.0 Å². The number of rotatable bonds is 0. The molecule has 2 heterocycles. The summed E-state index contributed by atoms with van der Waals surface area (Å²) in [7, 11) is -3.67. The highest BCUT2D eigenvalue weighted by molar-refractivity contribution is 6.33. The fourth-order valence-electron chi connectivity index (χ4n) is 1.02. The predicted octanol–water partition coefficient (Wildman–Crippen LogP) is 2.47. The summed E-state index contributed by atoms with van der Waals surface area (Å²) in [4.78, 5) is 0. The Bertz CT molecular complexity index is 80.8. The van der Waals surface area contributed by atoms with Gasteiger partial charge in [-0.05, 0) is 25.7 Å². The zero-order chi connectivity index (χ0) is 10.6. The zero-order valence-corrected chi connectivity index (χ0v) is 8.18. The zero-order valence-electron chi connectivity index (χ0n) is 8.18. The van der Waals surface area contributed by atoms with E-state index in [4.69, 9.17) is 9.47 Å². The Kier molecular flexibility index (Phi) is 10.7. The molecule has 0 aliphatic carbocycles. The maximum Gasteiger partial charge on any atom is 0.762 e. The van der Waals surface area contributed by atoms with Crippen molar-refractivity contribution in [2.24, 2.45) is 0 Å². The van der Waals surface area contributed by atoms with E-state index in [9.17, 15) is 12.9 Å². The van der Waals surface area contributed by atoms with Crippen LogP contribution in [0.15, 0.2) is 0 Å². The van der Waals surface area contributed by atoms with Crippen molar-refractivity contribution in [1.82, 2.24) is 0 Å². The molecule has 2 fully saturated rings. The molecule has 0 amide bonds. The van der Waals surface area contributed by atoms with E-state index < -0.39 is 7.54 Å². The lowest BCUT2D eigenvalue weighted by Gasteiger charge is -1.76. The Hall–Kier alpha value is -0.225. The monoisotopic (exact) mass is 212 g/mol. The molecular weight excluding hydrogens is 196 g/mol. The Morgan fingerprint density at radius 2 is 0.857 bits per heavy atom. The summed E-state index contributed by atoms with van der Waals surface area (Å²) >= 11 is 0. The van der Waals surface area contributed by atoms with Gasteiger partial charge in [-0.15, -0.1) is 0 Å². The molecule has 84 valence electrons. The molecule has 0 atom stereocenters. The largest absolute Gasteiger partial charge is 0.762 e. The molecule has 0 radical (unpaired) electrons. The van der Waals surface area contributed by atoms with Crippen molar-refractivity contribution in [3.63, 3.8) is 0 Å². The van der Waals surface area contributed by atoms with Gasteiger partial charge in [0.25, 0.3) is 0 Å². The van der Waals surface area contributed by atoms with E-state index in [1.54, 1.807) is 0 Å². The lowest BCUT2D eigenvalue weighted by Crippen LogP contribution is -1.76. The van der Waals surface area contributed by atoms with E-state index in [0.29, 0.717) is 0 Å². The number of hydrogen-bond donors (Lipinski definition) is 0. The highest BCUT2D eigenvalue weighted by atomic mass is 19.4. The molecule has 2 saturated heterocycles. The van der Waals surface area contributed by atoms with Gasteiger partial charge in [0.05, 0.1) is 0 Å². The second-order valence-electron chi connectivity index (χ2n) is 2.89. The van der Waals surface area contributed by atoms with Crippen LogP contribution in [0.1, 0.15) is 25.7 Å². The summed E-state index contributed by atoms with van der Waals surface area (Å²) in [6, 6.07) is 0. The first-order chi connectivity index (χ1) is 6.73. The molecule has 0 unspecified atom stereocenters. The van der Waals surface area contributed by atoms with Gasteiger partial charge in [0.15, 0.2) is 0 Å². The van der Waals surface area contributed by atoms with Crippen LogP contribution in [-0.4, -0.2) is 34.0 Å². The van der Waals surface area contributed by atoms with E-state index in [1.807, 2.05) is 0 Å². The summed E-state index contributed by atoms with van der Waals surface area (Å²) < 4.78 is 38.9. The van der Waals surface area contributed by atoms with Crippen molar-refractivity contribution >= 4 is 7.54 Å². The van der Waals surface area contributed by atoms with E-state index in [1.165, 1.54) is 25.7 Å². The minimum Gasteiger partial charge on any atom is -0.381 e. The molecule has 0 aromatic carbocycles. The highest BCUT2D eigenvalue weighted by Gasteiger charge is 2.06. The van der Waals surface area contributed by atoms with Crippen LogP contribution < -0.4 is 0 Å². The van der Waals surface area contributed by atoms with E-state index in [-0.39, 0.29) is 0 Å². The van der Waals surface area contributed by atoms with Crippen LogP contribution in [0.5, 0.6) is 0 Å². The average Bonchev–Trinajstić information content (AvgIpc) is 2.83. The molecule has 2 aliphatic heterocycles. The van der Waals surface area contributed by atoms with Gasteiger partial charge in [-0.1, -0.05) is 0 Å². The Balaban J connectivity index is 0.000000183. The topological polar surface area (TPSA) is 18.5 Å². The molecular formula is C8H16BF3O2. The maximum absolute atomic E-state index is 9.67. The highest BCUT2D eigenvalue weighted by Crippen LogP contribution is 1.98. The molecule has 2 nitrogen and oxygen atoms in total. The number of halogens is 3. The normalized spacial score (nSPS) is 19.1. The van der Waals surface area contributed by atoms with Crippen LogP contribution in [-0.2, 0) is 9.47 Å². The van der Waals surface area contributed by atoms with Crippen LogP contribution in [0.4, 0.5) is 12.9 Å². The van der Waals surface area contributed by atoms with Crippen molar-refractivity contribution in [2.45, 2.75) is 25.7 Å². The Morgan fingerprint density at radius 1 is 0.643 bits per heavy atom. The van der Waals surface area contributed by atoms with Crippen LogP contribution in [0.25, 0.3) is 0 Å². The van der Waals surface area contributed by atoms with Gasteiger partial charge in [-0.25, -0.2) is 0 Å². The minimum absolute atomic E-state index is 1.00. The average molecular weight is 212 g/mol. The van der Waals surface area contributed by atoms with Crippen LogP contribution in [0, 0.1) is 0 Å². The lowest BCUT2D eigenvalue weighted by atomic mass is 10.4. The second-order valence-corrected chi connectivity index (χ2v) is 2.89. The Morgan fingerprint density at radius 3 is 0.929 bits per heavy atom. The van der Waals surface area contributed by atoms with Crippen molar-refractivity contribution in [3.05, 3.63) is 0 Å². The maximum atomic E-state index is 9.67. The predicted molar refractivity (Wildman–Crippen MR) is 49.2 cm³/mol. The van der Waals surface area contributed by atoms with Gasteiger partial charge >= 0.3 is 7.54 Å². The van der Waals surface area contributed by atoms with Gasteiger partial charge in [0, 0.05) is 26.4 Å². The van der Waals surface area contributed by atoms with Crippen molar-refractivity contribution in [2.75, 3.05) is 26.4 Å². The van der Waals surface area contributed by atoms with E-state index in [2.05, 4.69) is 0 Å². The first kappa shape index (κ1) is 13.8. The molecule has 0 aromatic rings. The van der Waals surface area contributed by atoms with E-state index in [0.717, 1.165) is 26.4 Å². The van der Waals surface area contributed by atoms with Gasteiger partial charge in [0.1, 0.15) is 0 Å². The first-order valence-electron chi connectivity index (χ1n) is 4.81. The van der Waals surface area contributed by atoms with Crippen LogP contribution >= 0.6 is 0 Å². The van der Waals surface area contributed by atoms with Crippen molar-refractivity contribution in [1.29, 1.82) is 0 Å². The minimum atomic E-state index is -3.67. The van der Waals surface area contributed by atoms with Gasteiger partial charge < -0.3 is 9.47 Å². The van der Waals surface area contributed by atoms with Crippen molar-refractivity contribution in [3.8, 4) is 0 Å². The smallest absolute Gasteiger partial charge is 0.381 e. The summed E-state index contributed by atoms with van der Waals surface area (Å²) in [5, 5.41) is 0. The molecule has 0 bridgehead atoms. The lowest BCUT2D eigenvalue weighted by molar-refractivity contribution is 0.198. The third-order valence-corrected chi connectivity index (χ3v) is 1.65. The SMILES string of the molecule is C1CCOC1.C1CCOC1.FB(F)F. The first-order valence-corrected chi connectivity index (χ1v) is 4.81. The van der Waals surface area contributed by atoms with Crippen molar-refractivity contribution < 1.29 is 22.4 Å². The fourth-order valence-corrected chi connectivity index (χ4v) is 1.02. The van der Waals surface area contributed by atoms with Crippen LogP contribution in [0.2, 0.25) is 0 Å². The summed E-state index contributed by atoms with van der Waals surface area (Å²) in [6.45, 7) is 4.00. The summed E-state index contributed by atoms with van der Waals surface area (Å²) in [6.07, 6.45) is 5.11. The third kappa shape index (κ3) is 14.3. The van der Waals surface area contributed by atoms with Crippen LogP contribution in [0.3, 0.4) is 0 Å². The molecule has 0 spiro atoms. The summed E-state index contributed by atoms with van der Waals surface area (Å²) in [5.41, 5.74) is 0. The number of ether oxygens (including phenoxy) is 2. The molecule has 0 aromatic heterocycles. The molecule has 0 N–H and O–H groups in total.